The van der Waals surface area contributed by atoms with E-state index < -0.39 is 0 Å². The quantitative estimate of drug-likeness (QED) is 0.762. The fourth-order valence-electron chi connectivity index (χ4n) is 2.86. The molecule has 0 spiro atoms. The van der Waals surface area contributed by atoms with Crippen molar-refractivity contribution in [2.24, 2.45) is 0 Å². The zero-order chi connectivity index (χ0) is 18.4. The third kappa shape index (κ3) is 4.77. The van der Waals surface area contributed by atoms with E-state index in [0.29, 0.717) is 24.7 Å². The molecule has 1 amide bonds. The molecule has 6 heteroatoms. The highest BCUT2D eigenvalue weighted by molar-refractivity contribution is 7.14. The molecule has 5 nitrogen and oxygen atoms in total. The third-order valence-electron chi connectivity index (χ3n) is 4.36. The van der Waals surface area contributed by atoms with E-state index in [4.69, 9.17) is 14.2 Å². The Hall–Kier alpha value is -2.05. The largest absolute Gasteiger partial charge is 0.493 e. The van der Waals surface area contributed by atoms with Gasteiger partial charge in [0.2, 0.25) is 0 Å². The Labute approximate surface area is 158 Å². The van der Waals surface area contributed by atoms with Crippen LogP contribution >= 0.6 is 11.3 Å². The number of rotatable bonds is 8. The Balaban J connectivity index is 1.56. The van der Waals surface area contributed by atoms with Crippen LogP contribution in [0.15, 0.2) is 30.3 Å². The summed E-state index contributed by atoms with van der Waals surface area (Å²) in [6.45, 7) is 3.88. The van der Waals surface area contributed by atoms with Crippen molar-refractivity contribution >= 4 is 17.2 Å². The predicted octanol–water partition coefficient (Wildman–Crippen LogP) is 3.81. The van der Waals surface area contributed by atoms with Crippen molar-refractivity contribution in [1.82, 2.24) is 5.32 Å². The number of hydrogen-bond acceptors (Lipinski definition) is 5. The van der Waals surface area contributed by atoms with Gasteiger partial charge in [0, 0.05) is 18.0 Å². The van der Waals surface area contributed by atoms with Crippen LogP contribution in [0, 0.1) is 0 Å². The number of hydrogen-bond donors (Lipinski definition) is 1. The van der Waals surface area contributed by atoms with Crippen LogP contribution < -0.4 is 14.8 Å². The zero-order valence-electron chi connectivity index (χ0n) is 15.2. The molecule has 1 aliphatic heterocycles. The topological polar surface area (TPSA) is 56.8 Å². The maximum Gasteiger partial charge on any atom is 0.261 e. The van der Waals surface area contributed by atoms with E-state index in [1.807, 2.05) is 30.3 Å². The molecule has 0 aliphatic carbocycles. The fourth-order valence-corrected chi connectivity index (χ4v) is 3.72. The number of benzene rings is 1. The van der Waals surface area contributed by atoms with E-state index >= 15 is 0 Å². The molecule has 0 saturated carbocycles. The van der Waals surface area contributed by atoms with Crippen LogP contribution in [0.4, 0.5) is 0 Å². The second-order valence-electron chi connectivity index (χ2n) is 6.23. The molecule has 1 atom stereocenters. The SMILES string of the molecule is CCc1ccc(C(=O)NCc2ccc(OC[C@H]3CCCO3)c(OC)c2)s1. The molecule has 140 valence electrons. The number of aryl methyl sites for hydroxylation is 1. The van der Waals surface area contributed by atoms with Gasteiger partial charge in [0.1, 0.15) is 6.61 Å². The summed E-state index contributed by atoms with van der Waals surface area (Å²) < 4.78 is 16.9. The minimum absolute atomic E-state index is 0.0487. The first-order valence-corrected chi connectivity index (χ1v) is 9.79. The third-order valence-corrected chi connectivity index (χ3v) is 5.59. The summed E-state index contributed by atoms with van der Waals surface area (Å²) in [4.78, 5) is 14.2. The summed E-state index contributed by atoms with van der Waals surface area (Å²) in [5.41, 5.74) is 0.965. The summed E-state index contributed by atoms with van der Waals surface area (Å²) in [6, 6.07) is 9.61. The first-order valence-electron chi connectivity index (χ1n) is 8.97. The maximum absolute atomic E-state index is 12.2. The molecular formula is C20H25NO4S. The molecule has 1 aromatic heterocycles. The van der Waals surface area contributed by atoms with Gasteiger partial charge in [-0.3, -0.25) is 4.79 Å². The molecule has 1 aliphatic rings. The van der Waals surface area contributed by atoms with E-state index in [1.165, 1.54) is 16.2 Å². The molecule has 0 radical (unpaired) electrons. The van der Waals surface area contributed by atoms with Crippen LogP contribution in [-0.4, -0.2) is 32.3 Å². The molecule has 1 N–H and O–H groups in total. The van der Waals surface area contributed by atoms with Crippen molar-refractivity contribution in [3.8, 4) is 11.5 Å². The number of carbonyl (C=O) groups is 1. The second-order valence-corrected chi connectivity index (χ2v) is 7.40. The predicted molar refractivity (Wildman–Crippen MR) is 102 cm³/mol. The van der Waals surface area contributed by atoms with Crippen molar-refractivity contribution in [2.45, 2.75) is 38.8 Å². The smallest absolute Gasteiger partial charge is 0.261 e. The summed E-state index contributed by atoms with van der Waals surface area (Å²) in [5.74, 6) is 1.32. The average Bonchev–Trinajstić information content (AvgIpc) is 3.36. The lowest BCUT2D eigenvalue weighted by molar-refractivity contribution is 0.0669. The fraction of sp³-hybridized carbons (Fsp3) is 0.450. The highest BCUT2D eigenvalue weighted by atomic mass is 32.1. The zero-order valence-corrected chi connectivity index (χ0v) is 16.1. The van der Waals surface area contributed by atoms with Crippen molar-refractivity contribution in [2.75, 3.05) is 20.3 Å². The van der Waals surface area contributed by atoms with Gasteiger partial charge in [0.15, 0.2) is 11.5 Å². The van der Waals surface area contributed by atoms with Crippen molar-refractivity contribution in [1.29, 1.82) is 0 Å². The standard InChI is InChI=1S/C20H25NO4S/c1-3-16-7-9-19(26-16)20(22)21-12-14-6-8-17(18(11-14)23-2)25-13-15-5-4-10-24-15/h6-9,11,15H,3-5,10,12-13H2,1-2H3,(H,21,22)/t15-/m1/s1. The van der Waals surface area contributed by atoms with Crippen LogP contribution in [0.5, 0.6) is 11.5 Å². The molecule has 0 unspecified atom stereocenters. The van der Waals surface area contributed by atoms with E-state index in [2.05, 4.69) is 12.2 Å². The van der Waals surface area contributed by atoms with Gasteiger partial charge in [0.05, 0.1) is 18.1 Å². The maximum atomic E-state index is 12.2. The van der Waals surface area contributed by atoms with E-state index in [1.54, 1.807) is 7.11 Å². The van der Waals surface area contributed by atoms with Gasteiger partial charge in [-0.05, 0) is 49.1 Å². The molecule has 26 heavy (non-hydrogen) atoms. The van der Waals surface area contributed by atoms with Crippen molar-refractivity contribution in [3.05, 3.63) is 45.6 Å². The lowest BCUT2D eigenvalue weighted by atomic mass is 10.2. The average molecular weight is 375 g/mol. The molecule has 2 aromatic rings. The lowest BCUT2D eigenvalue weighted by Gasteiger charge is -2.15. The van der Waals surface area contributed by atoms with Crippen molar-refractivity contribution < 1.29 is 19.0 Å². The number of carbonyl (C=O) groups excluding carboxylic acids is 1. The lowest BCUT2D eigenvalue weighted by Crippen LogP contribution is -2.21. The van der Waals surface area contributed by atoms with Crippen LogP contribution in [0.25, 0.3) is 0 Å². The Morgan fingerprint density at radius 1 is 1.31 bits per heavy atom. The minimum Gasteiger partial charge on any atom is -0.493 e. The van der Waals surface area contributed by atoms with Gasteiger partial charge < -0.3 is 19.5 Å². The first kappa shape index (κ1) is 18.7. The van der Waals surface area contributed by atoms with E-state index in [-0.39, 0.29) is 12.0 Å². The van der Waals surface area contributed by atoms with Crippen LogP contribution in [0.2, 0.25) is 0 Å². The Morgan fingerprint density at radius 2 is 2.19 bits per heavy atom. The van der Waals surface area contributed by atoms with Crippen LogP contribution in [-0.2, 0) is 17.7 Å². The minimum atomic E-state index is -0.0487. The number of amides is 1. The Morgan fingerprint density at radius 3 is 2.88 bits per heavy atom. The van der Waals surface area contributed by atoms with E-state index in [9.17, 15) is 4.79 Å². The summed E-state index contributed by atoms with van der Waals surface area (Å²) in [6.07, 6.45) is 3.24. The molecule has 0 bridgehead atoms. The second kappa shape index (κ2) is 9.05. The number of nitrogens with one attached hydrogen (secondary N) is 1. The van der Waals surface area contributed by atoms with Crippen LogP contribution in [0.3, 0.4) is 0 Å². The number of thiophene rings is 1. The molecule has 3 rings (SSSR count). The summed E-state index contributed by atoms with van der Waals surface area (Å²) in [7, 11) is 1.62. The van der Waals surface area contributed by atoms with Gasteiger partial charge >= 0.3 is 0 Å². The van der Waals surface area contributed by atoms with Gasteiger partial charge in [0.25, 0.3) is 5.91 Å². The van der Waals surface area contributed by atoms with E-state index in [0.717, 1.165) is 36.3 Å². The van der Waals surface area contributed by atoms with Crippen LogP contribution in [0.1, 0.15) is 39.9 Å². The highest BCUT2D eigenvalue weighted by Crippen LogP contribution is 2.29. The number of ether oxygens (including phenoxy) is 3. The Kier molecular flexibility index (Phi) is 6.52. The van der Waals surface area contributed by atoms with Gasteiger partial charge in [-0.25, -0.2) is 0 Å². The molecular weight excluding hydrogens is 350 g/mol. The number of methoxy groups -OCH3 is 1. The first-order chi connectivity index (χ1) is 12.7. The molecule has 1 aromatic carbocycles. The van der Waals surface area contributed by atoms with Gasteiger partial charge in [-0.15, -0.1) is 11.3 Å². The summed E-state index contributed by atoms with van der Waals surface area (Å²) >= 11 is 1.54. The van der Waals surface area contributed by atoms with Crippen molar-refractivity contribution in [3.63, 3.8) is 0 Å². The highest BCUT2D eigenvalue weighted by Gasteiger charge is 2.17. The molecule has 2 heterocycles. The van der Waals surface area contributed by atoms with Gasteiger partial charge in [-0.2, -0.15) is 0 Å². The molecule has 1 fully saturated rings. The summed E-state index contributed by atoms with van der Waals surface area (Å²) in [5, 5.41) is 2.96. The Bertz CT molecular complexity index is 737. The molecule has 1 saturated heterocycles. The monoisotopic (exact) mass is 375 g/mol. The normalized spacial score (nSPS) is 16.5. The van der Waals surface area contributed by atoms with Gasteiger partial charge in [-0.1, -0.05) is 13.0 Å².